The van der Waals surface area contributed by atoms with Crippen molar-refractivity contribution in [3.8, 4) is 0 Å². The first-order valence-electron chi connectivity index (χ1n) is 8.65. The Kier molecular flexibility index (Phi) is 6.20. The molecule has 29 heavy (non-hydrogen) atoms. The highest BCUT2D eigenvalue weighted by atomic mass is 32.2. The number of ether oxygens (including phenoxy) is 1. The number of anilines is 1. The molecule has 1 aliphatic heterocycles. The maximum absolute atomic E-state index is 12.9. The van der Waals surface area contributed by atoms with Gasteiger partial charge in [0.15, 0.2) is 5.03 Å². The van der Waals surface area contributed by atoms with Crippen molar-refractivity contribution < 1.29 is 31.1 Å². The first-order valence-corrected chi connectivity index (χ1v) is 10.1. The number of amides is 1. The van der Waals surface area contributed by atoms with Crippen LogP contribution in [0.1, 0.15) is 15.9 Å². The lowest BCUT2D eigenvalue weighted by Gasteiger charge is -2.26. The van der Waals surface area contributed by atoms with E-state index in [1.54, 1.807) is 18.2 Å². The lowest BCUT2D eigenvalue weighted by Crippen LogP contribution is -2.35. The minimum Gasteiger partial charge on any atom is -0.379 e. The van der Waals surface area contributed by atoms with Gasteiger partial charge in [-0.25, -0.2) is 13.4 Å². The number of alkyl halides is 3. The molecule has 0 atom stereocenters. The molecule has 1 amide bonds. The van der Waals surface area contributed by atoms with E-state index in [2.05, 4.69) is 15.2 Å². The summed E-state index contributed by atoms with van der Waals surface area (Å²) in [7, 11) is -5.76. The van der Waals surface area contributed by atoms with Gasteiger partial charge < -0.3 is 10.1 Å². The number of pyridine rings is 1. The molecule has 0 saturated carbocycles. The van der Waals surface area contributed by atoms with E-state index in [1.807, 2.05) is 6.07 Å². The van der Waals surface area contributed by atoms with Gasteiger partial charge in [0.25, 0.3) is 15.7 Å². The Balaban J connectivity index is 1.80. The molecule has 1 fully saturated rings. The monoisotopic (exact) mass is 429 g/mol. The van der Waals surface area contributed by atoms with Gasteiger partial charge in [-0.05, 0) is 29.8 Å². The molecule has 1 N–H and O–H groups in total. The van der Waals surface area contributed by atoms with Crippen molar-refractivity contribution in [2.45, 2.75) is 17.1 Å². The fourth-order valence-electron chi connectivity index (χ4n) is 2.85. The van der Waals surface area contributed by atoms with Crippen LogP contribution in [0.4, 0.5) is 18.9 Å². The molecule has 3 rings (SSSR count). The van der Waals surface area contributed by atoms with Crippen LogP contribution in [0.5, 0.6) is 0 Å². The number of nitrogens with one attached hydrogen (secondary N) is 1. The fourth-order valence-corrected chi connectivity index (χ4v) is 3.72. The highest BCUT2D eigenvalue weighted by Crippen LogP contribution is 2.31. The number of aromatic nitrogens is 1. The Labute approximate surface area is 165 Å². The smallest absolute Gasteiger partial charge is 0.379 e. The number of rotatable bonds is 5. The third-order valence-corrected chi connectivity index (χ3v) is 5.71. The van der Waals surface area contributed by atoms with Crippen LogP contribution in [0.15, 0.2) is 47.6 Å². The molecule has 2 heterocycles. The van der Waals surface area contributed by atoms with Crippen LogP contribution in [0, 0.1) is 0 Å². The number of carbonyl (C=O) groups excluding carboxylic acids is 1. The van der Waals surface area contributed by atoms with E-state index in [9.17, 15) is 26.4 Å². The summed E-state index contributed by atoms with van der Waals surface area (Å²) in [6.45, 7) is 3.42. The van der Waals surface area contributed by atoms with Gasteiger partial charge in [-0.2, -0.15) is 13.2 Å². The van der Waals surface area contributed by atoms with Crippen molar-refractivity contribution in [2.24, 2.45) is 0 Å². The molecule has 0 unspecified atom stereocenters. The Morgan fingerprint density at radius 2 is 1.90 bits per heavy atom. The number of benzene rings is 1. The highest BCUT2D eigenvalue weighted by molar-refractivity contribution is 7.92. The molecule has 0 bridgehead atoms. The summed E-state index contributed by atoms with van der Waals surface area (Å²) in [6, 6.07) is 8.98. The van der Waals surface area contributed by atoms with E-state index in [4.69, 9.17) is 4.74 Å². The van der Waals surface area contributed by atoms with Crippen LogP contribution in [0.3, 0.4) is 0 Å². The van der Waals surface area contributed by atoms with Gasteiger partial charge >= 0.3 is 5.51 Å². The Morgan fingerprint density at radius 3 is 2.59 bits per heavy atom. The van der Waals surface area contributed by atoms with Crippen molar-refractivity contribution in [1.82, 2.24) is 9.88 Å². The van der Waals surface area contributed by atoms with Gasteiger partial charge in [-0.3, -0.25) is 9.69 Å². The van der Waals surface area contributed by atoms with E-state index < -0.39 is 31.8 Å². The highest BCUT2D eigenvalue weighted by Gasteiger charge is 2.49. The first-order chi connectivity index (χ1) is 13.7. The third-order valence-electron chi connectivity index (χ3n) is 4.27. The zero-order valence-corrected chi connectivity index (χ0v) is 16.0. The maximum atomic E-state index is 12.9. The Morgan fingerprint density at radius 1 is 1.17 bits per heavy atom. The van der Waals surface area contributed by atoms with Crippen LogP contribution in [-0.2, 0) is 21.1 Å². The Hall–Kier alpha value is -2.50. The molecule has 1 saturated heterocycles. The number of halogens is 3. The summed E-state index contributed by atoms with van der Waals surface area (Å²) in [6.07, 6.45) is 0.887. The summed E-state index contributed by atoms with van der Waals surface area (Å²) in [5.74, 6) is -0.996. The number of hydrogen-bond acceptors (Lipinski definition) is 6. The molecule has 0 spiro atoms. The summed E-state index contributed by atoms with van der Waals surface area (Å²) >= 11 is 0. The van der Waals surface area contributed by atoms with Crippen molar-refractivity contribution in [3.63, 3.8) is 0 Å². The first kappa shape index (κ1) is 21.2. The van der Waals surface area contributed by atoms with Crippen LogP contribution in [-0.4, -0.2) is 56.0 Å². The molecular weight excluding hydrogens is 411 g/mol. The van der Waals surface area contributed by atoms with E-state index >= 15 is 0 Å². The minimum atomic E-state index is -5.76. The zero-order chi connectivity index (χ0) is 21.1. The van der Waals surface area contributed by atoms with Gasteiger partial charge in [-0.15, -0.1) is 0 Å². The fraction of sp³-hybridized carbons (Fsp3) is 0.333. The van der Waals surface area contributed by atoms with Gasteiger partial charge in [0.2, 0.25) is 0 Å². The average Bonchev–Trinajstić information content (AvgIpc) is 2.68. The van der Waals surface area contributed by atoms with Crippen LogP contribution >= 0.6 is 0 Å². The van der Waals surface area contributed by atoms with Gasteiger partial charge in [0.05, 0.1) is 18.8 Å². The van der Waals surface area contributed by atoms with E-state index in [0.29, 0.717) is 25.4 Å². The number of hydrogen-bond donors (Lipinski definition) is 1. The number of nitrogens with zero attached hydrogens (tertiary/aromatic N) is 2. The molecule has 7 nitrogen and oxygen atoms in total. The molecule has 0 radical (unpaired) electrons. The van der Waals surface area contributed by atoms with Gasteiger partial charge in [0.1, 0.15) is 0 Å². The van der Waals surface area contributed by atoms with E-state index in [0.717, 1.165) is 30.9 Å². The predicted molar refractivity (Wildman–Crippen MR) is 98.0 cm³/mol. The standard InChI is InChI=1S/C18H18F3N3O4S/c19-18(20,21)29(26,27)17-15(5-2-6-22-17)16(25)23-14-4-1-3-13(11-14)12-24-7-9-28-10-8-24/h1-6,11H,7-10,12H2,(H,23,25). The van der Waals surface area contributed by atoms with Gasteiger partial charge in [-0.1, -0.05) is 12.1 Å². The van der Waals surface area contributed by atoms with E-state index in [-0.39, 0.29) is 0 Å². The summed E-state index contributed by atoms with van der Waals surface area (Å²) in [5, 5.41) is 1.12. The third kappa shape index (κ3) is 4.92. The molecule has 2 aromatic rings. The van der Waals surface area contributed by atoms with Crippen molar-refractivity contribution in [1.29, 1.82) is 0 Å². The summed E-state index contributed by atoms with van der Waals surface area (Å²) < 4.78 is 67.4. The van der Waals surface area contributed by atoms with Crippen LogP contribution in [0.25, 0.3) is 0 Å². The summed E-state index contributed by atoms with van der Waals surface area (Å²) in [5.41, 5.74) is -5.02. The lowest BCUT2D eigenvalue weighted by molar-refractivity contribution is -0.0438. The lowest BCUT2D eigenvalue weighted by atomic mass is 10.1. The SMILES string of the molecule is O=C(Nc1cccc(CN2CCOCC2)c1)c1cccnc1S(=O)(=O)C(F)(F)F. The number of sulfone groups is 1. The predicted octanol–water partition coefficient (Wildman–Crippen LogP) is 2.46. The molecular formula is C18H18F3N3O4S. The molecule has 1 aromatic carbocycles. The van der Waals surface area contributed by atoms with E-state index in [1.165, 1.54) is 6.07 Å². The second-order valence-electron chi connectivity index (χ2n) is 6.35. The number of carbonyl (C=O) groups is 1. The largest absolute Gasteiger partial charge is 0.503 e. The molecule has 0 aliphatic carbocycles. The van der Waals surface area contributed by atoms with Crippen molar-refractivity contribution in [2.75, 3.05) is 31.6 Å². The number of morpholine rings is 1. The van der Waals surface area contributed by atoms with Crippen LogP contribution in [0.2, 0.25) is 0 Å². The molecule has 1 aromatic heterocycles. The van der Waals surface area contributed by atoms with Gasteiger partial charge in [0, 0.05) is 31.5 Å². The molecule has 156 valence electrons. The topological polar surface area (TPSA) is 88.6 Å². The second-order valence-corrected chi connectivity index (χ2v) is 8.20. The normalized spacial score (nSPS) is 15.8. The van der Waals surface area contributed by atoms with Crippen LogP contribution < -0.4 is 5.32 Å². The summed E-state index contributed by atoms with van der Waals surface area (Å²) in [4.78, 5) is 18.0. The minimum absolute atomic E-state index is 0.333. The Bertz CT molecular complexity index is 990. The molecule has 11 heteroatoms. The molecule has 1 aliphatic rings. The second kappa shape index (κ2) is 8.47. The van der Waals surface area contributed by atoms with Crippen molar-refractivity contribution in [3.05, 3.63) is 53.7 Å². The maximum Gasteiger partial charge on any atom is 0.503 e. The van der Waals surface area contributed by atoms with Crippen molar-refractivity contribution >= 4 is 21.4 Å². The zero-order valence-electron chi connectivity index (χ0n) is 15.1. The quantitative estimate of drug-likeness (QED) is 0.786. The average molecular weight is 429 g/mol.